The molecular formula is C15H11ClF3N5. The van der Waals surface area contributed by atoms with Crippen molar-refractivity contribution in [1.29, 1.82) is 0 Å². The number of rotatable bonds is 4. The Balaban J connectivity index is 1.85. The molecule has 0 saturated heterocycles. The van der Waals surface area contributed by atoms with Gasteiger partial charge >= 0.3 is 6.18 Å². The number of aromatic nitrogens is 4. The van der Waals surface area contributed by atoms with Crippen LogP contribution in [0.2, 0.25) is 5.02 Å². The highest BCUT2D eigenvalue weighted by molar-refractivity contribution is 6.31. The summed E-state index contributed by atoms with van der Waals surface area (Å²) in [7, 11) is 0. The molecular weight excluding hydrogens is 343 g/mol. The van der Waals surface area contributed by atoms with Crippen LogP contribution in [0, 0.1) is 0 Å². The summed E-state index contributed by atoms with van der Waals surface area (Å²) in [5.41, 5.74) is 0.944. The molecule has 0 unspecified atom stereocenters. The van der Waals surface area contributed by atoms with Crippen LogP contribution in [0.4, 0.5) is 18.9 Å². The third-order valence-corrected chi connectivity index (χ3v) is 3.71. The molecule has 0 atom stereocenters. The lowest BCUT2D eigenvalue weighted by Crippen LogP contribution is -2.08. The van der Waals surface area contributed by atoms with E-state index in [0.717, 1.165) is 12.1 Å². The number of hydrogen-bond donors (Lipinski definition) is 1. The van der Waals surface area contributed by atoms with Gasteiger partial charge in [-0.2, -0.15) is 17.9 Å². The lowest BCUT2D eigenvalue weighted by molar-refractivity contribution is -0.137. The van der Waals surface area contributed by atoms with Gasteiger partial charge in [0.05, 0.1) is 16.9 Å². The number of para-hydroxylation sites is 2. The first-order valence-electron chi connectivity index (χ1n) is 6.87. The van der Waals surface area contributed by atoms with Crippen molar-refractivity contribution in [3.8, 4) is 5.69 Å². The van der Waals surface area contributed by atoms with Crippen LogP contribution in [-0.2, 0) is 12.7 Å². The van der Waals surface area contributed by atoms with Crippen molar-refractivity contribution < 1.29 is 13.2 Å². The molecule has 0 radical (unpaired) electrons. The van der Waals surface area contributed by atoms with Gasteiger partial charge in [0.2, 0.25) is 0 Å². The molecule has 2 aromatic carbocycles. The predicted molar refractivity (Wildman–Crippen MR) is 82.9 cm³/mol. The van der Waals surface area contributed by atoms with Gasteiger partial charge in [-0.15, -0.1) is 5.10 Å². The molecule has 0 spiro atoms. The number of halogens is 4. The van der Waals surface area contributed by atoms with Crippen LogP contribution >= 0.6 is 11.6 Å². The molecule has 0 saturated carbocycles. The molecule has 0 aliphatic carbocycles. The smallest absolute Gasteiger partial charge is 0.379 e. The number of nitrogens with one attached hydrogen (secondary N) is 1. The summed E-state index contributed by atoms with van der Waals surface area (Å²) in [6.07, 6.45) is -2.98. The van der Waals surface area contributed by atoms with Crippen molar-refractivity contribution in [3.05, 3.63) is 64.9 Å². The molecule has 1 N–H and O–H groups in total. The monoisotopic (exact) mass is 353 g/mol. The fourth-order valence-electron chi connectivity index (χ4n) is 2.17. The van der Waals surface area contributed by atoms with Gasteiger partial charge in [0, 0.05) is 11.6 Å². The average molecular weight is 354 g/mol. The van der Waals surface area contributed by atoms with E-state index in [2.05, 4.69) is 20.8 Å². The number of anilines is 1. The van der Waals surface area contributed by atoms with Crippen LogP contribution in [0.3, 0.4) is 0 Å². The molecule has 0 amide bonds. The molecule has 0 fully saturated rings. The minimum atomic E-state index is -4.41. The Kier molecular flexibility index (Phi) is 4.39. The first-order chi connectivity index (χ1) is 11.4. The molecule has 9 heteroatoms. The summed E-state index contributed by atoms with van der Waals surface area (Å²) in [5.74, 6) is 0. The van der Waals surface area contributed by atoms with Crippen molar-refractivity contribution in [1.82, 2.24) is 20.2 Å². The number of hydrogen-bond acceptors (Lipinski definition) is 4. The maximum Gasteiger partial charge on any atom is 0.416 e. The summed E-state index contributed by atoms with van der Waals surface area (Å²) in [4.78, 5) is 0. The van der Waals surface area contributed by atoms with E-state index in [4.69, 9.17) is 11.6 Å². The molecule has 1 aromatic heterocycles. The van der Waals surface area contributed by atoms with E-state index >= 15 is 0 Å². The van der Waals surface area contributed by atoms with E-state index in [9.17, 15) is 13.2 Å². The lowest BCUT2D eigenvalue weighted by Gasteiger charge is -2.14. The van der Waals surface area contributed by atoms with Gasteiger partial charge in [0.1, 0.15) is 6.33 Å². The van der Waals surface area contributed by atoms with Crippen molar-refractivity contribution >= 4 is 17.3 Å². The van der Waals surface area contributed by atoms with Crippen LogP contribution in [-0.4, -0.2) is 20.2 Å². The quantitative estimate of drug-likeness (QED) is 0.771. The van der Waals surface area contributed by atoms with Crippen molar-refractivity contribution in [2.24, 2.45) is 0 Å². The molecule has 3 aromatic rings. The Hall–Kier alpha value is -2.61. The van der Waals surface area contributed by atoms with E-state index in [1.165, 1.54) is 17.1 Å². The van der Waals surface area contributed by atoms with Gasteiger partial charge in [-0.3, -0.25) is 0 Å². The Morgan fingerprint density at radius 2 is 1.92 bits per heavy atom. The van der Waals surface area contributed by atoms with Crippen LogP contribution in [0.15, 0.2) is 48.8 Å². The van der Waals surface area contributed by atoms with Crippen molar-refractivity contribution in [3.63, 3.8) is 0 Å². The average Bonchev–Trinajstić information content (AvgIpc) is 3.07. The predicted octanol–water partition coefficient (Wildman–Crippen LogP) is 3.95. The summed E-state index contributed by atoms with van der Waals surface area (Å²) < 4.78 is 39.9. The van der Waals surface area contributed by atoms with Gasteiger partial charge in [0.25, 0.3) is 0 Å². The Morgan fingerprint density at radius 3 is 2.62 bits per heavy atom. The number of tetrazole rings is 1. The second kappa shape index (κ2) is 6.48. The summed E-state index contributed by atoms with van der Waals surface area (Å²) in [6.45, 7) is 0.127. The highest BCUT2D eigenvalue weighted by Gasteiger charge is 2.30. The van der Waals surface area contributed by atoms with Crippen LogP contribution in [0.5, 0.6) is 0 Å². The van der Waals surface area contributed by atoms with Crippen molar-refractivity contribution in [2.45, 2.75) is 12.7 Å². The third-order valence-electron chi connectivity index (χ3n) is 3.34. The van der Waals surface area contributed by atoms with Gasteiger partial charge in [-0.25, -0.2) is 0 Å². The highest BCUT2D eigenvalue weighted by Crippen LogP contribution is 2.32. The standard InChI is InChI=1S/C15H11ClF3N5/c16-12-6-5-11(15(17,18)19)7-10(12)8-20-13-3-1-2-4-14(13)24-9-21-22-23-24/h1-7,9,20H,8H2. The Bertz CT molecular complexity index is 833. The molecule has 0 aliphatic heterocycles. The van der Waals surface area contributed by atoms with E-state index in [1.807, 2.05) is 0 Å². The normalized spacial score (nSPS) is 11.5. The van der Waals surface area contributed by atoms with E-state index in [1.54, 1.807) is 24.3 Å². The van der Waals surface area contributed by atoms with Crippen LogP contribution in [0.1, 0.15) is 11.1 Å². The topological polar surface area (TPSA) is 55.6 Å². The van der Waals surface area contributed by atoms with E-state index in [0.29, 0.717) is 16.9 Å². The summed E-state index contributed by atoms with van der Waals surface area (Å²) in [6, 6.07) is 10.4. The SMILES string of the molecule is FC(F)(F)c1ccc(Cl)c(CNc2ccccc2-n2cnnn2)c1. The van der Waals surface area contributed by atoms with Crippen LogP contribution < -0.4 is 5.32 Å². The molecule has 0 bridgehead atoms. The zero-order chi connectivity index (χ0) is 17.2. The van der Waals surface area contributed by atoms with E-state index < -0.39 is 11.7 Å². The Morgan fingerprint density at radius 1 is 1.12 bits per heavy atom. The molecule has 1 heterocycles. The minimum absolute atomic E-state index is 0.127. The first kappa shape index (κ1) is 16.3. The number of nitrogens with zero attached hydrogens (tertiary/aromatic N) is 4. The maximum absolute atomic E-state index is 12.8. The van der Waals surface area contributed by atoms with Crippen LogP contribution in [0.25, 0.3) is 5.69 Å². The second-order valence-electron chi connectivity index (χ2n) is 4.93. The first-order valence-corrected chi connectivity index (χ1v) is 7.25. The van der Waals surface area contributed by atoms with Gasteiger partial charge in [-0.1, -0.05) is 23.7 Å². The van der Waals surface area contributed by atoms with Gasteiger partial charge in [0.15, 0.2) is 0 Å². The molecule has 24 heavy (non-hydrogen) atoms. The molecule has 5 nitrogen and oxygen atoms in total. The molecule has 0 aliphatic rings. The van der Waals surface area contributed by atoms with Gasteiger partial charge in [-0.05, 0) is 46.3 Å². The second-order valence-corrected chi connectivity index (χ2v) is 5.34. The number of alkyl halides is 3. The van der Waals surface area contributed by atoms with Crippen molar-refractivity contribution in [2.75, 3.05) is 5.32 Å². The van der Waals surface area contributed by atoms with Gasteiger partial charge < -0.3 is 5.32 Å². The molecule has 124 valence electrons. The largest absolute Gasteiger partial charge is 0.416 e. The summed E-state index contributed by atoms with van der Waals surface area (Å²) >= 11 is 6.01. The fourth-order valence-corrected chi connectivity index (χ4v) is 2.36. The zero-order valence-corrected chi connectivity index (χ0v) is 12.9. The van der Waals surface area contributed by atoms with E-state index in [-0.39, 0.29) is 11.6 Å². The number of benzene rings is 2. The maximum atomic E-state index is 12.8. The minimum Gasteiger partial charge on any atom is -0.379 e. The Labute approximate surface area is 140 Å². The lowest BCUT2D eigenvalue weighted by atomic mass is 10.1. The highest BCUT2D eigenvalue weighted by atomic mass is 35.5. The zero-order valence-electron chi connectivity index (χ0n) is 12.1. The molecule has 3 rings (SSSR count). The summed E-state index contributed by atoms with van der Waals surface area (Å²) in [5, 5.41) is 14.3. The third kappa shape index (κ3) is 3.48. The fraction of sp³-hybridized carbons (Fsp3) is 0.133.